The number of amides is 1. The van der Waals surface area contributed by atoms with E-state index in [2.05, 4.69) is 57.2 Å². The summed E-state index contributed by atoms with van der Waals surface area (Å²) < 4.78 is 1.85. The summed E-state index contributed by atoms with van der Waals surface area (Å²) in [6, 6.07) is 18.2. The molecule has 3 rings (SSSR count). The van der Waals surface area contributed by atoms with Gasteiger partial charge in [0, 0.05) is 37.6 Å². The Kier molecular flexibility index (Phi) is 8.86. The second-order valence-corrected chi connectivity index (χ2v) is 7.48. The molecule has 3 aromatic rings. The molecule has 0 spiro atoms. The maximum Gasteiger partial charge on any atom is 0.224 e. The number of aromatic nitrogens is 2. The number of hydrogen-bond donors (Lipinski definition) is 3. The van der Waals surface area contributed by atoms with Gasteiger partial charge in [-0.25, -0.2) is 9.67 Å². The number of benzene rings is 2. The Labute approximate surface area is 190 Å². The van der Waals surface area contributed by atoms with E-state index >= 15 is 0 Å². The monoisotopic (exact) mass is 432 g/mol. The molecule has 1 amide bonds. The third-order valence-corrected chi connectivity index (χ3v) is 4.89. The summed E-state index contributed by atoms with van der Waals surface area (Å²) in [5.74, 6) is 0.842. The fraction of sp³-hybridized carbons (Fsp3) is 0.320. The van der Waals surface area contributed by atoms with Crippen LogP contribution in [0.3, 0.4) is 0 Å². The smallest absolute Gasteiger partial charge is 0.224 e. The van der Waals surface area contributed by atoms with Crippen molar-refractivity contribution in [2.24, 2.45) is 4.99 Å². The van der Waals surface area contributed by atoms with Gasteiger partial charge in [-0.3, -0.25) is 4.79 Å². The van der Waals surface area contributed by atoms with Crippen molar-refractivity contribution in [1.29, 1.82) is 0 Å². The number of carbonyl (C=O) groups excluding carboxylic acids is 1. The standard InChI is InChI=1S/C25H32N6O/c1-3-6-24(32)30-22-11-7-21(8-12-22)19-28-25(26-4-2)27-17-15-20-9-13-23(14-10-20)31-18-5-16-29-31/h5,7-14,16,18H,3-4,6,15,17,19H2,1-2H3,(H,30,32)(H2,26,27,28). The SMILES string of the molecule is CCCC(=O)Nc1ccc(CN=C(NCC)NCCc2ccc(-n3cccn3)cc2)cc1. The van der Waals surface area contributed by atoms with E-state index in [1.54, 1.807) is 6.20 Å². The molecule has 168 valence electrons. The highest BCUT2D eigenvalue weighted by Crippen LogP contribution is 2.11. The van der Waals surface area contributed by atoms with Gasteiger partial charge >= 0.3 is 0 Å². The van der Waals surface area contributed by atoms with Gasteiger partial charge in [0.05, 0.1) is 12.2 Å². The third kappa shape index (κ3) is 7.27. The van der Waals surface area contributed by atoms with Crippen LogP contribution in [-0.4, -0.2) is 34.7 Å². The fourth-order valence-electron chi connectivity index (χ4n) is 3.22. The zero-order valence-electron chi connectivity index (χ0n) is 18.8. The van der Waals surface area contributed by atoms with Crippen LogP contribution in [0.25, 0.3) is 5.69 Å². The van der Waals surface area contributed by atoms with Gasteiger partial charge in [0.1, 0.15) is 0 Å². The molecule has 0 unspecified atom stereocenters. The number of carbonyl (C=O) groups is 1. The van der Waals surface area contributed by atoms with Crippen molar-refractivity contribution in [3.8, 4) is 5.69 Å². The molecule has 0 aliphatic heterocycles. The van der Waals surface area contributed by atoms with Gasteiger partial charge in [0.2, 0.25) is 5.91 Å². The number of nitrogens with zero attached hydrogens (tertiary/aromatic N) is 3. The van der Waals surface area contributed by atoms with Crippen LogP contribution in [0.5, 0.6) is 0 Å². The first-order chi connectivity index (χ1) is 15.7. The first-order valence-electron chi connectivity index (χ1n) is 11.2. The predicted molar refractivity (Wildman–Crippen MR) is 130 cm³/mol. The van der Waals surface area contributed by atoms with E-state index in [1.807, 2.05) is 48.1 Å². The van der Waals surface area contributed by atoms with Gasteiger partial charge < -0.3 is 16.0 Å². The fourth-order valence-corrected chi connectivity index (χ4v) is 3.22. The van der Waals surface area contributed by atoms with Crippen molar-refractivity contribution in [3.05, 3.63) is 78.1 Å². The van der Waals surface area contributed by atoms with Crippen molar-refractivity contribution in [1.82, 2.24) is 20.4 Å². The average molecular weight is 433 g/mol. The van der Waals surface area contributed by atoms with Gasteiger partial charge in [-0.05, 0) is 61.2 Å². The Balaban J connectivity index is 1.48. The largest absolute Gasteiger partial charge is 0.357 e. The third-order valence-electron chi connectivity index (χ3n) is 4.89. The molecule has 32 heavy (non-hydrogen) atoms. The summed E-state index contributed by atoms with van der Waals surface area (Å²) in [5.41, 5.74) is 4.22. The molecule has 0 saturated heterocycles. The lowest BCUT2D eigenvalue weighted by molar-refractivity contribution is -0.116. The van der Waals surface area contributed by atoms with E-state index in [4.69, 9.17) is 0 Å². The molecule has 7 heteroatoms. The highest BCUT2D eigenvalue weighted by atomic mass is 16.1. The molecule has 1 heterocycles. The van der Waals surface area contributed by atoms with Crippen LogP contribution >= 0.6 is 0 Å². The van der Waals surface area contributed by atoms with Crippen LogP contribution in [0.1, 0.15) is 37.8 Å². The van der Waals surface area contributed by atoms with Gasteiger partial charge in [-0.1, -0.05) is 31.2 Å². The molecule has 3 N–H and O–H groups in total. The Morgan fingerprint density at radius 2 is 1.75 bits per heavy atom. The second kappa shape index (κ2) is 12.3. The lowest BCUT2D eigenvalue weighted by Crippen LogP contribution is -2.38. The lowest BCUT2D eigenvalue weighted by atomic mass is 10.1. The molecule has 0 bridgehead atoms. The minimum Gasteiger partial charge on any atom is -0.357 e. The van der Waals surface area contributed by atoms with Crippen LogP contribution in [0.15, 0.2) is 72.0 Å². The molecule has 0 radical (unpaired) electrons. The topological polar surface area (TPSA) is 83.3 Å². The molecule has 2 aromatic carbocycles. The van der Waals surface area contributed by atoms with E-state index in [-0.39, 0.29) is 5.91 Å². The van der Waals surface area contributed by atoms with Gasteiger partial charge in [-0.2, -0.15) is 5.10 Å². The highest BCUT2D eigenvalue weighted by Gasteiger charge is 2.02. The summed E-state index contributed by atoms with van der Waals surface area (Å²) in [6.45, 7) is 6.20. The number of nitrogens with one attached hydrogen (secondary N) is 3. The van der Waals surface area contributed by atoms with Gasteiger partial charge in [0.25, 0.3) is 0 Å². The molecule has 0 fully saturated rings. The van der Waals surface area contributed by atoms with E-state index < -0.39 is 0 Å². The number of hydrogen-bond acceptors (Lipinski definition) is 3. The van der Waals surface area contributed by atoms with Gasteiger partial charge in [0.15, 0.2) is 5.96 Å². The maximum absolute atomic E-state index is 11.7. The predicted octanol–water partition coefficient (Wildman–Crippen LogP) is 3.91. The molecule has 0 aliphatic carbocycles. The van der Waals surface area contributed by atoms with E-state index in [0.29, 0.717) is 13.0 Å². The van der Waals surface area contributed by atoms with Crippen LogP contribution < -0.4 is 16.0 Å². The summed E-state index contributed by atoms with van der Waals surface area (Å²) in [7, 11) is 0. The molecule has 0 aliphatic rings. The van der Waals surface area contributed by atoms with E-state index in [9.17, 15) is 4.79 Å². The van der Waals surface area contributed by atoms with E-state index in [0.717, 1.165) is 48.8 Å². The van der Waals surface area contributed by atoms with Crippen LogP contribution in [0, 0.1) is 0 Å². The maximum atomic E-state index is 11.7. The van der Waals surface area contributed by atoms with Gasteiger partial charge in [-0.15, -0.1) is 0 Å². The van der Waals surface area contributed by atoms with Crippen LogP contribution in [0.4, 0.5) is 5.69 Å². The zero-order chi connectivity index (χ0) is 22.6. The Morgan fingerprint density at radius 3 is 2.41 bits per heavy atom. The number of guanidine groups is 1. The first-order valence-corrected chi connectivity index (χ1v) is 11.2. The summed E-state index contributed by atoms with van der Waals surface area (Å²) >= 11 is 0. The van der Waals surface area contributed by atoms with E-state index in [1.165, 1.54) is 5.56 Å². The molecule has 7 nitrogen and oxygen atoms in total. The molecular weight excluding hydrogens is 400 g/mol. The highest BCUT2D eigenvalue weighted by molar-refractivity contribution is 5.90. The zero-order valence-corrected chi connectivity index (χ0v) is 18.8. The van der Waals surface area contributed by atoms with Crippen molar-refractivity contribution < 1.29 is 4.79 Å². The average Bonchev–Trinajstić information content (AvgIpc) is 3.34. The summed E-state index contributed by atoms with van der Waals surface area (Å²) in [5, 5.41) is 13.8. The first kappa shape index (κ1) is 23.1. The van der Waals surface area contributed by atoms with Crippen molar-refractivity contribution in [2.75, 3.05) is 18.4 Å². The minimum absolute atomic E-state index is 0.0490. The number of rotatable bonds is 10. The summed E-state index contributed by atoms with van der Waals surface area (Å²) in [4.78, 5) is 16.4. The molecule has 1 aromatic heterocycles. The number of anilines is 1. The Bertz CT molecular complexity index is 978. The Morgan fingerprint density at radius 1 is 1.00 bits per heavy atom. The summed E-state index contributed by atoms with van der Waals surface area (Å²) in [6.07, 6.45) is 5.99. The molecular formula is C25H32N6O. The quantitative estimate of drug-likeness (QED) is 0.335. The minimum atomic E-state index is 0.0490. The Hall–Kier alpha value is -3.61. The molecule has 0 saturated carbocycles. The second-order valence-electron chi connectivity index (χ2n) is 7.48. The molecule has 0 atom stereocenters. The normalized spacial score (nSPS) is 11.2. The van der Waals surface area contributed by atoms with Crippen molar-refractivity contribution in [2.45, 2.75) is 39.7 Å². The lowest BCUT2D eigenvalue weighted by Gasteiger charge is -2.12. The van der Waals surface area contributed by atoms with Crippen molar-refractivity contribution in [3.63, 3.8) is 0 Å². The van der Waals surface area contributed by atoms with Crippen molar-refractivity contribution >= 4 is 17.6 Å². The van der Waals surface area contributed by atoms with Crippen LogP contribution in [-0.2, 0) is 17.8 Å². The number of aliphatic imine (C=N–C) groups is 1. The van der Waals surface area contributed by atoms with Crippen LogP contribution in [0.2, 0.25) is 0 Å².